The fourth-order valence-corrected chi connectivity index (χ4v) is 6.71. The SMILES string of the molecule is COc1cc[n+](Cc2ccc(/C=C\C3=C(C(=O)O)N4C(=O)[C@@H](NC(=O)/C(=N\OC(C)(C)C(=O)O)c5csc(N)n5)[C@H]4SC3)cc2)cc1OC. The molecule has 2 aromatic heterocycles. The van der Waals surface area contributed by atoms with Gasteiger partial charge in [0.25, 0.3) is 11.8 Å². The molecule has 4 heterocycles. The Bertz CT molecular complexity index is 1890. The van der Waals surface area contributed by atoms with Crippen molar-refractivity contribution in [2.24, 2.45) is 5.16 Å². The summed E-state index contributed by atoms with van der Waals surface area (Å²) in [5.74, 6) is -2.61. The highest BCUT2D eigenvalue weighted by Gasteiger charge is 2.54. The number of carboxylic acids is 2. The lowest BCUT2D eigenvalue weighted by molar-refractivity contribution is -0.688. The van der Waals surface area contributed by atoms with E-state index < -0.39 is 40.8 Å². The number of nitrogens with two attached hydrogens (primary N) is 1. The van der Waals surface area contributed by atoms with Crippen molar-refractivity contribution in [3.8, 4) is 11.5 Å². The molecule has 17 heteroatoms. The Balaban J connectivity index is 1.29. The van der Waals surface area contributed by atoms with Crippen LogP contribution in [0.15, 0.2) is 70.6 Å². The van der Waals surface area contributed by atoms with Gasteiger partial charge >= 0.3 is 11.9 Å². The minimum Gasteiger partial charge on any atom is -0.492 e. The van der Waals surface area contributed by atoms with Crippen LogP contribution in [0.25, 0.3) is 6.08 Å². The fourth-order valence-electron chi connectivity index (χ4n) is 4.85. The number of aromatic nitrogens is 2. The van der Waals surface area contributed by atoms with E-state index in [1.807, 2.05) is 47.3 Å². The molecule has 1 aromatic carbocycles. The molecule has 5 N–H and O–H groups in total. The number of allylic oxidation sites excluding steroid dienone is 1. The van der Waals surface area contributed by atoms with Crippen molar-refractivity contribution >= 4 is 63.8 Å². The molecule has 0 aliphatic carbocycles. The van der Waals surface area contributed by atoms with Crippen LogP contribution in [0.2, 0.25) is 0 Å². The van der Waals surface area contributed by atoms with Gasteiger partial charge in [0, 0.05) is 22.8 Å². The largest absolute Gasteiger partial charge is 0.492 e. The number of amides is 2. The van der Waals surface area contributed by atoms with E-state index in [1.54, 1.807) is 26.4 Å². The van der Waals surface area contributed by atoms with Crippen LogP contribution in [0.3, 0.4) is 0 Å². The molecule has 2 atom stereocenters. The first-order valence-electron chi connectivity index (χ1n) is 14.6. The number of aliphatic carboxylic acids is 2. The number of methoxy groups -OCH3 is 2. The van der Waals surface area contributed by atoms with Gasteiger partial charge < -0.3 is 35.6 Å². The number of carbonyl (C=O) groups is 4. The van der Waals surface area contributed by atoms with Crippen molar-refractivity contribution in [3.05, 3.63) is 82.3 Å². The zero-order chi connectivity index (χ0) is 35.5. The van der Waals surface area contributed by atoms with Crippen LogP contribution in [0.5, 0.6) is 11.5 Å². The van der Waals surface area contributed by atoms with Crippen molar-refractivity contribution in [1.29, 1.82) is 0 Å². The van der Waals surface area contributed by atoms with E-state index in [-0.39, 0.29) is 28.0 Å². The number of thioether (sulfide) groups is 1. The molecule has 0 bridgehead atoms. The number of hydrogen-bond acceptors (Lipinski definition) is 12. The predicted octanol–water partition coefficient (Wildman–Crippen LogP) is 2.11. The van der Waals surface area contributed by atoms with Gasteiger partial charge in [-0.2, -0.15) is 4.57 Å². The minimum absolute atomic E-state index is 0.0207. The molecular formula is C32H33N6O9S2+. The van der Waals surface area contributed by atoms with E-state index in [9.17, 15) is 29.4 Å². The standard InChI is InChI=1S/C32H32N6O9S2/c1-32(2,30(43)44)47-36-23(20-16-49-31(33)34-20)26(39)35-24-27(40)38-25(29(41)42)19(15-48-28(24)38)10-9-17-5-7-18(8-6-17)13-37-12-11-21(45-3)22(14-37)46-4/h5-12,14,16,24,28H,13,15H2,1-4H3,(H4-,33,34,35,39,41,42,43,44)/p+1/b10-9-,36-23-/t24-,28-/m1/s1. The van der Waals surface area contributed by atoms with Gasteiger partial charge in [-0.15, -0.1) is 23.1 Å². The second-order valence-electron chi connectivity index (χ2n) is 11.3. The van der Waals surface area contributed by atoms with Crippen molar-refractivity contribution < 1.29 is 48.3 Å². The molecule has 0 unspecified atom stereocenters. The number of carboxylic acid groups (broad SMARTS) is 2. The van der Waals surface area contributed by atoms with Crippen LogP contribution < -0.4 is 25.1 Å². The van der Waals surface area contributed by atoms with Crippen LogP contribution in [-0.4, -0.2) is 86.6 Å². The molecule has 2 amide bonds. The summed E-state index contributed by atoms with van der Waals surface area (Å²) < 4.78 is 12.6. The average molecular weight is 710 g/mol. The van der Waals surface area contributed by atoms with Crippen molar-refractivity contribution in [3.63, 3.8) is 0 Å². The van der Waals surface area contributed by atoms with Gasteiger partial charge in [-0.05, 0) is 25.0 Å². The first-order chi connectivity index (χ1) is 23.3. The molecule has 2 aliphatic rings. The number of carbonyl (C=O) groups excluding carboxylic acids is 2. The Morgan fingerprint density at radius 1 is 1.14 bits per heavy atom. The van der Waals surface area contributed by atoms with E-state index in [2.05, 4.69) is 15.5 Å². The van der Waals surface area contributed by atoms with Crippen molar-refractivity contribution in [1.82, 2.24) is 15.2 Å². The molecule has 1 fully saturated rings. The number of fused-ring (bicyclic) bond motifs is 1. The number of pyridine rings is 1. The van der Waals surface area contributed by atoms with Gasteiger partial charge in [-0.1, -0.05) is 41.6 Å². The molecule has 5 rings (SSSR count). The van der Waals surface area contributed by atoms with Gasteiger partial charge in [0.1, 0.15) is 22.8 Å². The van der Waals surface area contributed by atoms with Gasteiger partial charge in [-0.25, -0.2) is 14.6 Å². The molecule has 2 aliphatic heterocycles. The highest BCUT2D eigenvalue weighted by Crippen LogP contribution is 2.41. The number of ether oxygens (including phenoxy) is 2. The lowest BCUT2D eigenvalue weighted by atomic mass is 10.0. The zero-order valence-electron chi connectivity index (χ0n) is 26.8. The Morgan fingerprint density at radius 3 is 2.47 bits per heavy atom. The first kappa shape index (κ1) is 34.9. The lowest BCUT2D eigenvalue weighted by Crippen LogP contribution is -2.71. The van der Waals surface area contributed by atoms with Gasteiger partial charge in [0.15, 0.2) is 29.3 Å². The summed E-state index contributed by atoms with van der Waals surface area (Å²) in [4.78, 5) is 60.7. The summed E-state index contributed by atoms with van der Waals surface area (Å²) in [6.45, 7) is 3.08. The Hall–Kier alpha value is -5.42. The van der Waals surface area contributed by atoms with Crippen molar-refractivity contribution in [2.45, 2.75) is 37.4 Å². The molecule has 3 aromatic rings. The molecule has 15 nitrogen and oxygen atoms in total. The number of β-lactam (4-membered cyclic amide) rings is 1. The van der Waals surface area contributed by atoms with E-state index >= 15 is 0 Å². The van der Waals surface area contributed by atoms with E-state index in [1.165, 1.54) is 31.0 Å². The van der Waals surface area contributed by atoms with E-state index in [4.69, 9.17) is 20.0 Å². The smallest absolute Gasteiger partial charge is 0.352 e. The quantitative estimate of drug-likeness (QED) is 0.0872. The number of hydrogen-bond donors (Lipinski definition) is 4. The summed E-state index contributed by atoms with van der Waals surface area (Å²) in [5.41, 5.74) is 5.68. The van der Waals surface area contributed by atoms with Crippen LogP contribution in [-0.2, 0) is 30.6 Å². The number of anilines is 1. The van der Waals surface area contributed by atoms with Crippen LogP contribution in [0.1, 0.15) is 30.7 Å². The summed E-state index contributed by atoms with van der Waals surface area (Å²) >= 11 is 2.31. The van der Waals surface area contributed by atoms with Crippen LogP contribution >= 0.6 is 23.1 Å². The maximum absolute atomic E-state index is 13.3. The maximum atomic E-state index is 13.3. The molecule has 0 saturated carbocycles. The molecule has 0 radical (unpaired) electrons. The summed E-state index contributed by atoms with van der Waals surface area (Å²) in [6, 6.07) is 8.47. The topological polar surface area (TPSA) is 207 Å². The monoisotopic (exact) mass is 709 g/mol. The molecule has 49 heavy (non-hydrogen) atoms. The number of benzene rings is 1. The van der Waals surface area contributed by atoms with Crippen LogP contribution in [0, 0.1) is 0 Å². The normalized spacial score (nSPS) is 17.8. The zero-order valence-corrected chi connectivity index (χ0v) is 28.4. The van der Waals surface area contributed by atoms with E-state index in [0.717, 1.165) is 27.4 Å². The van der Waals surface area contributed by atoms with Gasteiger partial charge in [-0.3, -0.25) is 14.5 Å². The summed E-state index contributed by atoms with van der Waals surface area (Å²) in [7, 11) is 3.15. The molecule has 256 valence electrons. The number of nitrogens with zero attached hydrogens (tertiary/aromatic N) is 4. The second kappa shape index (κ2) is 14.4. The molecule has 1 saturated heterocycles. The van der Waals surface area contributed by atoms with Gasteiger partial charge in [0.2, 0.25) is 17.5 Å². The van der Waals surface area contributed by atoms with Crippen molar-refractivity contribution in [2.75, 3.05) is 25.7 Å². The Kier molecular flexibility index (Phi) is 10.2. The number of thiazole rings is 1. The number of nitrogens with one attached hydrogen (secondary N) is 1. The first-order valence-corrected chi connectivity index (χ1v) is 16.6. The highest BCUT2D eigenvalue weighted by molar-refractivity contribution is 8.00. The fraction of sp³-hybridized carbons (Fsp3) is 0.281. The predicted molar refractivity (Wildman–Crippen MR) is 180 cm³/mol. The lowest BCUT2D eigenvalue weighted by Gasteiger charge is -2.49. The highest BCUT2D eigenvalue weighted by atomic mass is 32.2. The Labute approximate surface area is 288 Å². The third-order valence-corrected chi connectivity index (χ3v) is 9.53. The molecule has 0 spiro atoms. The third-order valence-electron chi connectivity index (χ3n) is 7.55. The Morgan fingerprint density at radius 2 is 1.86 bits per heavy atom. The van der Waals surface area contributed by atoms with Crippen LogP contribution in [0.4, 0.5) is 5.13 Å². The summed E-state index contributed by atoms with van der Waals surface area (Å²) in [6.07, 6.45) is 7.17. The molecular weight excluding hydrogens is 677 g/mol. The minimum atomic E-state index is -1.77. The third kappa shape index (κ3) is 7.52. The average Bonchev–Trinajstić information content (AvgIpc) is 3.51. The van der Waals surface area contributed by atoms with E-state index in [0.29, 0.717) is 23.6 Å². The van der Waals surface area contributed by atoms with Gasteiger partial charge in [0.05, 0.1) is 14.2 Å². The maximum Gasteiger partial charge on any atom is 0.352 e. The second-order valence-corrected chi connectivity index (χ2v) is 13.3. The number of rotatable bonds is 13. The number of oxime groups is 1. The summed E-state index contributed by atoms with van der Waals surface area (Å²) in [5, 5.41) is 26.6. The number of nitrogen functional groups attached to an aromatic ring is 1.